The molecule has 1 heterocycles. The first-order valence-electron chi connectivity index (χ1n) is 6.15. The monoisotopic (exact) mass is 238 g/mol. The fraction of sp³-hybridized carbons (Fsp3) is 0.667. The van der Waals surface area contributed by atoms with Crippen molar-refractivity contribution in [3.63, 3.8) is 0 Å². The van der Waals surface area contributed by atoms with Crippen molar-refractivity contribution in [2.24, 2.45) is 0 Å². The molecule has 0 saturated carbocycles. The zero-order valence-electron chi connectivity index (χ0n) is 10.7. The van der Waals surface area contributed by atoms with Crippen molar-refractivity contribution >= 4 is 11.6 Å². The Hall–Kier alpha value is -1.36. The summed E-state index contributed by atoms with van der Waals surface area (Å²) in [5, 5.41) is 12.1. The Kier molecular flexibility index (Phi) is 6.32. The van der Waals surface area contributed by atoms with Crippen LogP contribution in [0, 0.1) is 0 Å². The van der Waals surface area contributed by atoms with Crippen molar-refractivity contribution < 1.29 is 5.11 Å². The largest absolute Gasteiger partial charge is 0.395 e. The second-order valence-corrected chi connectivity index (χ2v) is 4.04. The third kappa shape index (κ3) is 4.99. The predicted molar refractivity (Wildman–Crippen MR) is 70.4 cm³/mol. The molecule has 0 spiro atoms. The minimum absolute atomic E-state index is 0.125. The molecule has 0 amide bonds. The standard InChI is InChI=1S/C12H22N4O/c1-3-4-5-6-13-11-9-12(15-10-14-11)16(2)7-8-17/h9-10,17H,3-8H2,1-2H3,(H,13,14,15). The van der Waals surface area contributed by atoms with Crippen LogP contribution in [0.4, 0.5) is 11.6 Å². The van der Waals surface area contributed by atoms with Gasteiger partial charge in [0, 0.05) is 26.2 Å². The van der Waals surface area contributed by atoms with Gasteiger partial charge < -0.3 is 15.3 Å². The Morgan fingerprint density at radius 3 is 2.88 bits per heavy atom. The highest BCUT2D eigenvalue weighted by Crippen LogP contribution is 2.12. The molecular formula is C12H22N4O. The van der Waals surface area contributed by atoms with Gasteiger partial charge in [-0.05, 0) is 6.42 Å². The van der Waals surface area contributed by atoms with E-state index in [1.54, 1.807) is 6.33 Å². The molecule has 5 nitrogen and oxygen atoms in total. The molecule has 2 N–H and O–H groups in total. The highest BCUT2D eigenvalue weighted by Gasteiger charge is 2.03. The SMILES string of the molecule is CCCCCNc1cc(N(C)CCO)ncn1. The Morgan fingerprint density at radius 1 is 1.35 bits per heavy atom. The summed E-state index contributed by atoms with van der Waals surface area (Å²) in [6.07, 6.45) is 5.15. The van der Waals surface area contributed by atoms with Crippen LogP contribution in [0.25, 0.3) is 0 Å². The summed E-state index contributed by atoms with van der Waals surface area (Å²) in [7, 11) is 1.90. The number of hydrogen-bond acceptors (Lipinski definition) is 5. The van der Waals surface area contributed by atoms with Crippen molar-refractivity contribution in [1.82, 2.24) is 9.97 Å². The number of aliphatic hydroxyl groups excluding tert-OH is 1. The zero-order chi connectivity index (χ0) is 12.5. The van der Waals surface area contributed by atoms with E-state index in [2.05, 4.69) is 22.2 Å². The molecule has 0 fully saturated rings. The van der Waals surface area contributed by atoms with Gasteiger partial charge in [0.1, 0.15) is 18.0 Å². The minimum atomic E-state index is 0.125. The first-order valence-corrected chi connectivity index (χ1v) is 6.15. The summed E-state index contributed by atoms with van der Waals surface area (Å²) < 4.78 is 0. The van der Waals surface area contributed by atoms with Crippen molar-refractivity contribution in [2.75, 3.05) is 37.0 Å². The number of nitrogens with zero attached hydrogens (tertiary/aromatic N) is 3. The highest BCUT2D eigenvalue weighted by atomic mass is 16.3. The highest BCUT2D eigenvalue weighted by molar-refractivity contribution is 5.47. The van der Waals surface area contributed by atoms with Crippen LogP contribution in [0.5, 0.6) is 0 Å². The number of aromatic nitrogens is 2. The predicted octanol–water partition coefficient (Wildman–Crippen LogP) is 1.51. The molecule has 0 aliphatic rings. The summed E-state index contributed by atoms with van der Waals surface area (Å²) in [6.45, 7) is 3.83. The fourth-order valence-corrected chi connectivity index (χ4v) is 1.51. The lowest BCUT2D eigenvalue weighted by Gasteiger charge is -2.17. The van der Waals surface area contributed by atoms with Crippen molar-refractivity contribution in [3.8, 4) is 0 Å². The second kappa shape index (κ2) is 7.84. The number of aliphatic hydroxyl groups is 1. The molecule has 0 aromatic carbocycles. The molecule has 0 unspecified atom stereocenters. The molecule has 1 aromatic heterocycles. The molecule has 0 bridgehead atoms. The number of hydrogen-bond donors (Lipinski definition) is 2. The number of unbranched alkanes of at least 4 members (excludes halogenated alkanes) is 2. The number of anilines is 2. The van der Waals surface area contributed by atoms with Crippen LogP contribution in [0.15, 0.2) is 12.4 Å². The molecule has 0 saturated heterocycles. The van der Waals surface area contributed by atoms with Crippen LogP contribution in [-0.2, 0) is 0 Å². The maximum atomic E-state index is 8.87. The van der Waals surface area contributed by atoms with E-state index in [1.807, 2.05) is 18.0 Å². The van der Waals surface area contributed by atoms with Gasteiger partial charge in [0.2, 0.25) is 0 Å². The molecule has 1 rings (SSSR count). The van der Waals surface area contributed by atoms with Gasteiger partial charge in [-0.2, -0.15) is 0 Å². The lowest BCUT2D eigenvalue weighted by molar-refractivity contribution is 0.304. The van der Waals surface area contributed by atoms with Crippen LogP contribution in [0.1, 0.15) is 26.2 Å². The van der Waals surface area contributed by atoms with Gasteiger partial charge in [0.25, 0.3) is 0 Å². The van der Waals surface area contributed by atoms with Crippen LogP contribution in [0.2, 0.25) is 0 Å². The molecule has 5 heteroatoms. The van der Waals surface area contributed by atoms with E-state index in [9.17, 15) is 0 Å². The summed E-state index contributed by atoms with van der Waals surface area (Å²) in [4.78, 5) is 10.2. The van der Waals surface area contributed by atoms with Crippen LogP contribution in [0.3, 0.4) is 0 Å². The van der Waals surface area contributed by atoms with E-state index in [-0.39, 0.29) is 6.61 Å². The third-order valence-electron chi connectivity index (χ3n) is 2.57. The first kappa shape index (κ1) is 13.7. The molecule has 0 aliphatic heterocycles. The second-order valence-electron chi connectivity index (χ2n) is 4.04. The third-order valence-corrected chi connectivity index (χ3v) is 2.57. The van der Waals surface area contributed by atoms with E-state index in [0.717, 1.165) is 24.6 Å². The van der Waals surface area contributed by atoms with Gasteiger partial charge in [-0.1, -0.05) is 19.8 Å². The Labute approximate surface area is 103 Å². The van der Waals surface area contributed by atoms with Gasteiger partial charge >= 0.3 is 0 Å². The lowest BCUT2D eigenvalue weighted by Crippen LogP contribution is -2.22. The van der Waals surface area contributed by atoms with Gasteiger partial charge in [-0.15, -0.1) is 0 Å². The number of nitrogens with one attached hydrogen (secondary N) is 1. The normalized spacial score (nSPS) is 10.3. The van der Waals surface area contributed by atoms with Gasteiger partial charge in [-0.3, -0.25) is 0 Å². The Bertz CT molecular complexity index is 319. The van der Waals surface area contributed by atoms with E-state index in [1.165, 1.54) is 12.8 Å². The average molecular weight is 238 g/mol. The van der Waals surface area contributed by atoms with Crippen LogP contribution < -0.4 is 10.2 Å². The molecule has 1 aromatic rings. The van der Waals surface area contributed by atoms with E-state index >= 15 is 0 Å². The summed E-state index contributed by atoms with van der Waals surface area (Å²) in [5.74, 6) is 1.67. The quantitative estimate of drug-likeness (QED) is 0.672. The van der Waals surface area contributed by atoms with E-state index in [0.29, 0.717) is 6.54 Å². The molecule has 96 valence electrons. The van der Waals surface area contributed by atoms with Gasteiger partial charge in [-0.25, -0.2) is 9.97 Å². The van der Waals surface area contributed by atoms with Crippen molar-refractivity contribution in [1.29, 1.82) is 0 Å². The fourth-order valence-electron chi connectivity index (χ4n) is 1.51. The Balaban J connectivity index is 2.47. The van der Waals surface area contributed by atoms with Gasteiger partial charge in [0.15, 0.2) is 0 Å². The maximum Gasteiger partial charge on any atom is 0.133 e. The maximum absolute atomic E-state index is 8.87. The topological polar surface area (TPSA) is 61.3 Å². The van der Waals surface area contributed by atoms with Crippen LogP contribution in [-0.4, -0.2) is 41.8 Å². The molecule has 17 heavy (non-hydrogen) atoms. The van der Waals surface area contributed by atoms with E-state index < -0.39 is 0 Å². The van der Waals surface area contributed by atoms with Gasteiger partial charge in [0.05, 0.1) is 6.61 Å². The summed E-state index contributed by atoms with van der Waals surface area (Å²) in [5.41, 5.74) is 0. The minimum Gasteiger partial charge on any atom is -0.395 e. The number of rotatable bonds is 8. The average Bonchev–Trinajstić information content (AvgIpc) is 2.35. The van der Waals surface area contributed by atoms with E-state index in [4.69, 9.17) is 5.11 Å². The zero-order valence-corrected chi connectivity index (χ0v) is 10.7. The Morgan fingerprint density at radius 2 is 2.18 bits per heavy atom. The number of likely N-dealkylation sites (N-methyl/N-ethyl adjacent to an activating group) is 1. The van der Waals surface area contributed by atoms with Crippen LogP contribution >= 0.6 is 0 Å². The summed E-state index contributed by atoms with van der Waals surface area (Å²) in [6, 6.07) is 1.90. The van der Waals surface area contributed by atoms with Crippen molar-refractivity contribution in [2.45, 2.75) is 26.2 Å². The lowest BCUT2D eigenvalue weighted by atomic mass is 10.2. The van der Waals surface area contributed by atoms with Crippen molar-refractivity contribution in [3.05, 3.63) is 12.4 Å². The first-order chi connectivity index (χ1) is 8.27. The molecule has 0 aliphatic carbocycles. The smallest absolute Gasteiger partial charge is 0.133 e. The molecule has 0 atom stereocenters. The molecular weight excluding hydrogens is 216 g/mol. The summed E-state index contributed by atoms with van der Waals surface area (Å²) >= 11 is 0. The molecule has 0 radical (unpaired) electrons.